The van der Waals surface area contributed by atoms with Crippen LogP contribution >= 0.6 is 0 Å². The molecule has 0 aromatic heterocycles. The van der Waals surface area contributed by atoms with E-state index in [0.717, 1.165) is 26.2 Å². The van der Waals surface area contributed by atoms with Gasteiger partial charge in [-0.25, -0.2) is 0 Å². The Morgan fingerprint density at radius 2 is 1.11 bits per heavy atom. The third-order valence-corrected chi connectivity index (χ3v) is 7.62. The van der Waals surface area contributed by atoms with Crippen LogP contribution in [0.4, 0.5) is 0 Å². The molecule has 170 valence electrons. The summed E-state index contributed by atoms with van der Waals surface area (Å²) in [5, 5.41) is 12.3. The molecule has 0 radical (unpaired) electrons. The van der Waals surface area contributed by atoms with Gasteiger partial charge in [-0.15, -0.1) is 0 Å². The van der Waals surface area contributed by atoms with Gasteiger partial charge in [-0.3, -0.25) is 9.91 Å². The molecule has 5 aromatic carbocycles. The van der Waals surface area contributed by atoms with Crippen molar-refractivity contribution in [2.75, 3.05) is 26.2 Å². The molecule has 7 rings (SSSR count). The minimum absolute atomic E-state index is 0.343. The Kier molecular flexibility index (Phi) is 4.88. The van der Waals surface area contributed by atoms with Gasteiger partial charge in [0.1, 0.15) is 0 Å². The van der Waals surface area contributed by atoms with Crippen LogP contribution in [0, 0.1) is 0 Å². The second kappa shape index (κ2) is 8.37. The highest BCUT2D eigenvalue weighted by Gasteiger charge is 2.33. The zero-order valence-corrected chi connectivity index (χ0v) is 19.6. The van der Waals surface area contributed by atoms with Crippen LogP contribution in [0.1, 0.15) is 22.7 Å². The van der Waals surface area contributed by atoms with Crippen LogP contribution in [0.2, 0.25) is 0 Å². The Balaban J connectivity index is 1.15. The summed E-state index contributed by atoms with van der Waals surface area (Å²) in [6, 6.07) is 37.6. The van der Waals surface area contributed by atoms with Gasteiger partial charge < -0.3 is 0 Å². The number of hydrazone groups is 1. The Labute approximate surface area is 205 Å². The number of hydrogen-bond acceptors (Lipinski definition) is 3. The van der Waals surface area contributed by atoms with Crippen molar-refractivity contribution < 1.29 is 0 Å². The maximum Gasteiger partial charge on any atom is 0.0615 e. The lowest BCUT2D eigenvalue weighted by molar-refractivity contribution is 0.114. The van der Waals surface area contributed by atoms with Crippen LogP contribution in [0.5, 0.6) is 0 Å². The summed E-state index contributed by atoms with van der Waals surface area (Å²) in [7, 11) is 0. The summed E-state index contributed by atoms with van der Waals surface area (Å²) in [6.45, 7) is 3.86. The van der Waals surface area contributed by atoms with E-state index < -0.39 is 0 Å². The van der Waals surface area contributed by atoms with Crippen LogP contribution in [-0.4, -0.2) is 42.3 Å². The maximum absolute atomic E-state index is 4.99. The van der Waals surface area contributed by atoms with Gasteiger partial charge in [0.2, 0.25) is 0 Å². The van der Waals surface area contributed by atoms with Crippen LogP contribution < -0.4 is 0 Å². The van der Waals surface area contributed by atoms with Crippen LogP contribution in [0.15, 0.2) is 108 Å². The molecule has 1 aliphatic carbocycles. The fraction of sp³-hybridized carbons (Fsp3) is 0.156. The van der Waals surface area contributed by atoms with Gasteiger partial charge in [-0.2, -0.15) is 5.10 Å². The van der Waals surface area contributed by atoms with E-state index in [-0.39, 0.29) is 0 Å². The van der Waals surface area contributed by atoms with E-state index in [2.05, 4.69) is 119 Å². The molecule has 0 bridgehead atoms. The quantitative estimate of drug-likeness (QED) is 0.223. The summed E-state index contributed by atoms with van der Waals surface area (Å²) in [5.74, 6) is 0. The number of rotatable bonds is 3. The average molecular weight is 454 g/mol. The van der Waals surface area contributed by atoms with Crippen molar-refractivity contribution in [3.63, 3.8) is 0 Å². The first-order valence-electron chi connectivity index (χ1n) is 12.5. The Bertz CT molecular complexity index is 1480. The Morgan fingerprint density at radius 3 is 1.71 bits per heavy atom. The summed E-state index contributed by atoms with van der Waals surface area (Å²) >= 11 is 0. The fourth-order valence-corrected chi connectivity index (χ4v) is 5.93. The second-order valence-corrected chi connectivity index (χ2v) is 9.54. The second-order valence-electron chi connectivity index (χ2n) is 9.54. The van der Waals surface area contributed by atoms with E-state index in [1.165, 1.54) is 49.4 Å². The van der Waals surface area contributed by atoms with Gasteiger partial charge >= 0.3 is 0 Å². The lowest BCUT2D eigenvalue weighted by atomic mass is 9.97. The maximum atomic E-state index is 4.99. The molecular formula is C32H27N3. The zero-order valence-electron chi connectivity index (χ0n) is 19.6. The first-order chi connectivity index (χ1) is 17.4. The van der Waals surface area contributed by atoms with E-state index in [1.54, 1.807) is 0 Å². The molecule has 1 aliphatic heterocycles. The molecule has 3 nitrogen and oxygen atoms in total. The van der Waals surface area contributed by atoms with Crippen molar-refractivity contribution in [2.24, 2.45) is 5.10 Å². The van der Waals surface area contributed by atoms with Gasteiger partial charge in [0, 0.05) is 31.7 Å². The van der Waals surface area contributed by atoms with Gasteiger partial charge in [0.25, 0.3) is 0 Å². The smallest absolute Gasteiger partial charge is 0.0615 e. The SMILES string of the molecule is C(=NN1CCN(C2c3ccccc3-c3ccccc32)CC1)c1c2ccccc2cc2ccccc12. The molecule has 0 N–H and O–H groups in total. The lowest BCUT2D eigenvalue weighted by Gasteiger charge is -2.37. The molecule has 3 heteroatoms. The number of nitrogens with zero attached hydrogens (tertiary/aromatic N) is 3. The van der Waals surface area contributed by atoms with Crippen molar-refractivity contribution >= 4 is 27.8 Å². The highest BCUT2D eigenvalue weighted by molar-refractivity contribution is 6.13. The summed E-state index contributed by atoms with van der Waals surface area (Å²) in [4.78, 5) is 2.63. The number of fused-ring (bicyclic) bond motifs is 5. The van der Waals surface area contributed by atoms with Gasteiger partial charge in [-0.1, -0.05) is 97.1 Å². The first-order valence-corrected chi connectivity index (χ1v) is 12.5. The van der Waals surface area contributed by atoms with Crippen molar-refractivity contribution in [1.82, 2.24) is 9.91 Å². The Hall–Kier alpha value is -3.95. The van der Waals surface area contributed by atoms with Crippen molar-refractivity contribution in [3.05, 3.63) is 120 Å². The number of piperazine rings is 1. The molecule has 35 heavy (non-hydrogen) atoms. The topological polar surface area (TPSA) is 18.8 Å². The molecule has 2 aliphatic rings. The Morgan fingerprint density at radius 1 is 0.600 bits per heavy atom. The highest BCUT2D eigenvalue weighted by Crippen LogP contribution is 2.46. The third-order valence-electron chi connectivity index (χ3n) is 7.62. The van der Waals surface area contributed by atoms with Crippen LogP contribution in [-0.2, 0) is 0 Å². The molecule has 0 unspecified atom stereocenters. The van der Waals surface area contributed by atoms with E-state index in [0.29, 0.717) is 6.04 Å². The predicted octanol–water partition coefficient (Wildman–Crippen LogP) is 6.71. The minimum Gasteiger partial charge on any atom is -0.294 e. The van der Waals surface area contributed by atoms with E-state index in [4.69, 9.17) is 5.10 Å². The molecule has 0 atom stereocenters. The molecule has 1 heterocycles. The van der Waals surface area contributed by atoms with Gasteiger partial charge in [0.05, 0.1) is 12.3 Å². The number of benzene rings is 5. The van der Waals surface area contributed by atoms with Crippen LogP contribution in [0.3, 0.4) is 0 Å². The van der Waals surface area contributed by atoms with Crippen LogP contribution in [0.25, 0.3) is 32.7 Å². The largest absolute Gasteiger partial charge is 0.294 e. The molecule has 0 amide bonds. The van der Waals surface area contributed by atoms with Gasteiger partial charge in [-0.05, 0) is 49.9 Å². The molecule has 1 fully saturated rings. The highest BCUT2D eigenvalue weighted by atomic mass is 15.5. The number of hydrogen-bond donors (Lipinski definition) is 0. The van der Waals surface area contributed by atoms with E-state index in [9.17, 15) is 0 Å². The predicted molar refractivity (Wildman–Crippen MR) is 146 cm³/mol. The summed E-state index contributed by atoms with van der Waals surface area (Å²) in [5.41, 5.74) is 6.85. The zero-order chi connectivity index (χ0) is 23.2. The molecular weight excluding hydrogens is 426 g/mol. The molecule has 0 saturated carbocycles. The minimum atomic E-state index is 0.343. The van der Waals surface area contributed by atoms with Crippen molar-refractivity contribution in [3.8, 4) is 11.1 Å². The molecule has 5 aromatic rings. The van der Waals surface area contributed by atoms with E-state index in [1.807, 2.05) is 0 Å². The molecule has 1 saturated heterocycles. The normalized spacial score (nSPS) is 16.3. The summed E-state index contributed by atoms with van der Waals surface area (Å²) in [6.07, 6.45) is 2.08. The average Bonchev–Trinajstić information content (AvgIpc) is 3.26. The molecule has 0 spiro atoms. The fourth-order valence-electron chi connectivity index (χ4n) is 5.93. The van der Waals surface area contributed by atoms with Crippen molar-refractivity contribution in [2.45, 2.75) is 6.04 Å². The van der Waals surface area contributed by atoms with E-state index >= 15 is 0 Å². The monoisotopic (exact) mass is 453 g/mol. The summed E-state index contributed by atoms with van der Waals surface area (Å²) < 4.78 is 0. The van der Waals surface area contributed by atoms with Crippen molar-refractivity contribution in [1.29, 1.82) is 0 Å². The third kappa shape index (κ3) is 3.43. The standard InChI is InChI=1S/C32H27N3/c1-3-11-25-23(9-1)21-24-10-2-4-12-26(24)31(25)22-33-35-19-17-34(18-20-35)32-29-15-7-5-13-27(29)28-14-6-8-16-30(28)32/h1-16,21-22,32H,17-20H2. The lowest BCUT2D eigenvalue weighted by Crippen LogP contribution is -2.45. The van der Waals surface area contributed by atoms with Gasteiger partial charge in [0.15, 0.2) is 0 Å². The first kappa shape index (κ1) is 20.4.